The van der Waals surface area contributed by atoms with Gasteiger partial charge in [0.2, 0.25) is 0 Å². The largest absolute Gasteiger partial charge is 0.219 e. The van der Waals surface area contributed by atoms with Crippen molar-refractivity contribution in [3.05, 3.63) is 50.4 Å². The van der Waals surface area contributed by atoms with Crippen LogP contribution >= 0.6 is 50.9 Å². The minimum absolute atomic E-state index is 0.342. The van der Waals surface area contributed by atoms with Crippen LogP contribution in [0, 0.1) is 6.92 Å². The summed E-state index contributed by atoms with van der Waals surface area (Å²) in [6.07, 6.45) is 0. The number of nitrogens with zero attached hydrogens (tertiary/aromatic N) is 2. The molecule has 0 atom stereocenters. The number of benzene rings is 1. The molecule has 0 bridgehead atoms. The molecule has 0 aliphatic heterocycles. The Morgan fingerprint density at radius 3 is 2.50 bits per heavy atom. The molecule has 0 N–H and O–H groups in total. The SMILES string of the molecule is Cc1cccc(SCc2nc(Cl)c(Br)c(Cl)n2)c1. The number of hydrogen-bond donors (Lipinski definition) is 0. The van der Waals surface area contributed by atoms with Crippen molar-refractivity contribution in [2.24, 2.45) is 0 Å². The van der Waals surface area contributed by atoms with Crippen LogP contribution in [-0.4, -0.2) is 9.97 Å². The van der Waals surface area contributed by atoms with Gasteiger partial charge in [-0.05, 0) is 35.0 Å². The van der Waals surface area contributed by atoms with Gasteiger partial charge in [-0.1, -0.05) is 40.9 Å². The highest BCUT2D eigenvalue weighted by atomic mass is 79.9. The molecule has 0 fully saturated rings. The van der Waals surface area contributed by atoms with Crippen LogP contribution in [0.15, 0.2) is 33.6 Å². The average Bonchev–Trinajstić information content (AvgIpc) is 2.33. The smallest absolute Gasteiger partial charge is 0.148 e. The summed E-state index contributed by atoms with van der Waals surface area (Å²) in [5, 5.41) is 0.685. The van der Waals surface area contributed by atoms with Gasteiger partial charge in [0.15, 0.2) is 0 Å². The molecule has 0 aliphatic rings. The minimum atomic E-state index is 0.342. The summed E-state index contributed by atoms with van der Waals surface area (Å²) in [7, 11) is 0. The standard InChI is InChI=1S/C12H9BrCl2N2S/c1-7-3-2-4-8(5-7)18-6-9-16-11(14)10(13)12(15)17-9/h2-5H,6H2,1H3. The zero-order valence-electron chi connectivity index (χ0n) is 9.45. The number of hydrogen-bond acceptors (Lipinski definition) is 3. The summed E-state index contributed by atoms with van der Waals surface area (Å²) < 4.78 is 0.537. The molecule has 1 aromatic carbocycles. The van der Waals surface area contributed by atoms with Gasteiger partial charge in [-0.3, -0.25) is 0 Å². The van der Waals surface area contributed by atoms with E-state index in [1.165, 1.54) is 10.5 Å². The molecular weight excluding hydrogens is 355 g/mol. The lowest BCUT2D eigenvalue weighted by Crippen LogP contribution is -1.95. The Balaban J connectivity index is 2.11. The van der Waals surface area contributed by atoms with E-state index in [1.54, 1.807) is 11.8 Å². The third-order valence-electron chi connectivity index (χ3n) is 2.17. The Morgan fingerprint density at radius 1 is 1.22 bits per heavy atom. The number of halogens is 3. The fourth-order valence-corrected chi connectivity index (χ4v) is 2.82. The molecule has 0 unspecified atom stereocenters. The summed E-state index contributed by atoms with van der Waals surface area (Å²) >= 11 is 16.7. The molecule has 1 heterocycles. The molecule has 0 saturated carbocycles. The highest BCUT2D eigenvalue weighted by molar-refractivity contribution is 9.10. The molecule has 1 aromatic heterocycles. The lowest BCUT2D eigenvalue weighted by atomic mass is 10.2. The van der Waals surface area contributed by atoms with Crippen LogP contribution in [0.1, 0.15) is 11.4 Å². The number of aromatic nitrogens is 2. The van der Waals surface area contributed by atoms with Crippen LogP contribution in [-0.2, 0) is 5.75 Å². The molecule has 6 heteroatoms. The predicted molar refractivity (Wildman–Crippen MR) is 80.5 cm³/mol. The second-order valence-electron chi connectivity index (χ2n) is 3.64. The van der Waals surface area contributed by atoms with Crippen LogP contribution in [0.3, 0.4) is 0 Å². The van der Waals surface area contributed by atoms with Crippen molar-refractivity contribution in [1.82, 2.24) is 9.97 Å². The summed E-state index contributed by atoms with van der Waals surface area (Å²) in [4.78, 5) is 9.52. The van der Waals surface area contributed by atoms with Crippen molar-refractivity contribution in [3.63, 3.8) is 0 Å². The van der Waals surface area contributed by atoms with Gasteiger partial charge in [0.25, 0.3) is 0 Å². The monoisotopic (exact) mass is 362 g/mol. The Hall–Kier alpha value is -0.290. The second-order valence-corrected chi connectivity index (χ2v) is 6.20. The average molecular weight is 364 g/mol. The first kappa shape index (κ1) is 14.1. The van der Waals surface area contributed by atoms with Crippen LogP contribution in [0.25, 0.3) is 0 Å². The maximum Gasteiger partial charge on any atom is 0.148 e. The van der Waals surface area contributed by atoms with Gasteiger partial charge in [0, 0.05) is 4.90 Å². The van der Waals surface area contributed by atoms with Gasteiger partial charge in [-0.15, -0.1) is 11.8 Å². The van der Waals surface area contributed by atoms with Gasteiger partial charge in [-0.25, -0.2) is 9.97 Å². The van der Waals surface area contributed by atoms with Crippen molar-refractivity contribution in [1.29, 1.82) is 0 Å². The van der Waals surface area contributed by atoms with Crippen LogP contribution in [0.5, 0.6) is 0 Å². The first-order valence-corrected chi connectivity index (χ1v) is 7.66. The Labute approximate surface area is 128 Å². The minimum Gasteiger partial charge on any atom is -0.219 e. The van der Waals surface area contributed by atoms with Gasteiger partial charge in [0.05, 0.1) is 10.2 Å². The number of aryl methyl sites for hydroxylation is 1. The molecule has 0 saturated heterocycles. The zero-order chi connectivity index (χ0) is 13.1. The second kappa shape index (κ2) is 6.24. The summed E-state index contributed by atoms with van der Waals surface area (Å²) in [5.41, 5.74) is 1.23. The molecule has 2 rings (SSSR count). The lowest BCUT2D eigenvalue weighted by Gasteiger charge is -2.04. The third kappa shape index (κ3) is 3.60. The molecule has 0 amide bonds. The first-order chi connectivity index (χ1) is 8.56. The first-order valence-electron chi connectivity index (χ1n) is 5.13. The normalized spacial score (nSPS) is 10.7. The quantitative estimate of drug-likeness (QED) is 0.557. The lowest BCUT2D eigenvalue weighted by molar-refractivity contribution is 1.02. The van der Waals surface area contributed by atoms with Gasteiger partial charge in [0.1, 0.15) is 16.1 Å². The summed E-state index contributed by atoms with van der Waals surface area (Å²) in [5.74, 6) is 1.26. The van der Waals surface area contributed by atoms with E-state index in [0.29, 0.717) is 26.4 Å². The topological polar surface area (TPSA) is 25.8 Å². The Morgan fingerprint density at radius 2 is 1.89 bits per heavy atom. The molecule has 0 spiro atoms. The van der Waals surface area contributed by atoms with Crippen LogP contribution in [0.2, 0.25) is 10.3 Å². The summed E-state index contributed by atoms with van der Waals surface area (Å²) in [6, 6.07) is 8.26. The highest BCUT2D eigenvalue weighted by Crippen LogP contribution is 2.29. The fourth-order valence-electron chi connectivity index (χ4n) is 1.35. The van der Waals surface area contributed by atoms with Crippen molar-refractivity contribution in [3.8, 4) is 0 Å². The van der Waals surface area contributed by atoms with E-state index in [1.807, 2.05) is 6.07 Å². The molecule has 0 radical (unpaired) electrons. The number of thioether (sulfide) groups is 1. The molecular formula is C12H9BrCl2N2S. The molecule has 2 aromatic rings. The maximum absolute atomic E-state index is 5.93. The van der Waals surface area contributed by atoms with Crippen molar-refractivity contribution in [2.75, 3.05) is 0 Å². The van der Waals surface area contributed by atoms with E-state index < -0.39 is 0 Å². The van der Waals surface area contributed by atoms with Crippen molar-refractivity contribution >= 4 is 50.9 Å². The fraction of sp³-hybridized carbons (Fsp3) is 0.167. The zero-order valence-corrected chi connectivity index (χ0v) is 13.4. The molecule has 2 nitrogen and oxygen atoms in total. The molecule has 18 heavy (non-hydrogen) atoms. The van der Waals surface area contributed by atoms with E-state index >= 15 is 0 Å². The van der Waals surface area contributed by atoms with Crippen LogP contribution in [0.4, 0.5) is 0 Å². The predicted octanol–water partition coefficient (Wildman–Crippen LogP) is 5.15. The molecule has 94 valence electrons. The van der Waals surface area contributed by atoms with Crippen molar-refractivity contribution < 1.29 is 0 Å². The van der Waals surface area contributed by atoms with Gasteiger partial charge in [-0.2, -0.15) is 0 Å². The van der Waals surface area contributed by atoms with E-state index in [9.17, 15) is 0 Å². The van der Waals surface area contributed by atoms with E-state index in [-0.39, 0.29) is 0 Å². The Bertz CT molecular complexity index is 555. The van der Waals surface area contributed by atoms with E-state index in [2.05, 4.69) is 51.0 Å². The summed E-state index contributed by atoms with van der Waals surface area (Å²) in [6.45, 7) is 2.06. The van der Waals surface area contributed by atoms with Gasteiger partial charge < -0.3 is 0 Å². The highest BCUT2D eigenvalue weighted by Gasteiger charge is 2.09. The maximum atomic E-state index is 5.93. The Kier molecular flexibility index (Phi) is 4.90. The van der Waals surface area contributed by atoms with Gasteiger partial charge >= 0.3 is 0 Å². The number of rotatable bonds is 3. The third-order valence-corrected chi connectivity index (χ3v) is 4.92. The molecule has 0 aliphatic carbocycles. The van der Waals surface area contributed by atoms with E-state index in [4.69, 9.17) is 23.2 Å². The van der Waals surface area contributed by atoms with Crippen molar-refractivity contribution in [2.45, 2.75) is 17.6 Å². The van der Waals surface area contributed by atoms with Crippen LogP contribution < -0.4 is 0 Å². The van der Waals surface area contributed by atoms with E-state index in [0.717, 1.165) is 0 Å².